The molecule has 20 nitrogen and oxygen atoms in total. The highest BCUT2D eigenvalue weighted by molar-refractivity contribution is 5.98. The average molecular weight is 1010 g/mol. The normalized spacial score (nSPS) is 27.6. The molecule has 0 saturated carbocycles. The molecule has 0 bridgehead atoms. The third kappa shape index (κ3) is 18.0. The summed E-state index contributed by atoms with van der Waals surface area (Å²) in [6, 6.07) is -3.98. The van der Waals surface area contributed by atoms with E-state index in [2.05, 4.69) is 57.8 Å². The first-order valence-corrected chi connectivity index (χ1v) is 25.9. The summed E-state index contributed by atoms with van der Waals surface area (Å²) in [6.45, 7) is 5.58. The lowest BCUT2D eigenvalue weighted by atomic mass is 9.99. The van der Waals surface area contributed by atoms with Gasteiger partial charge >= 0.3 is 0 Å². The highest BCUT2D eigenvalue weighted by atomic mass is 16.3. The van der Waals surface area contributed by atoms with E-state index in [0.29, 0.717) is 12.0 Å². The van der Waals surface area contributed by atoms with Crippen LogP contribution in [0.25, 0.3) is 0 Å². The molecular weight excluding hydrogens is 931 g/mol. The van der Waals surface area contributed by atoms with Crippen LogP contribution in [0.5, 0.6) is 5.75 Å². The minimum absolute atomic E-state index is 0.0650. The van der Waals surface area contributed by atoms with E-state index in [9.17, 15) is 64.2 Å². The van der Waals surface area contributed by atoms with Crippen molar-refractivity contribution in [3.63, 3.8) is 0 Å². The number of rotatable bonds is 20. The van der Waals surface area contributed by atoms with Crippen molar-refractivity contribution in [3.8, 4) is 5.75 Å². The maximum atomic E-state index is 14.3. The van der Waals surface area contributed by atoms with Crippen LogP contribution in [0.1, 0.15) is 130 Å². The van der Waals surface area contributed by atoms with Crippen LogP contribution in [0.3, 0.4) is 0 Å². The Morgan fingerprint density at radius 3 is 1.96 bits per heavy atom. The van der Waals surface area contributed by atoms with Crippen LogP contribution < -0.4 is 26.6 Å². The number of benzene rings is 1. The molecule has 0 radical (unpaired) electrons. The molecule has 20 heteroatoms. The predicted octanol–water partition coefficient (Wildman–Crippen LogP) is 0.890. The average Bonchev–Trinajstić information content (AvgIpc) is 3.88. The van der Waals surface area contributed by atoms with Gasteiger partial charge in [0.25, 0.3) is 0 Å². The van der Waals surface area contributed by atoms with Gasteiger partial charge in [0.15, 0.2) is 0 Å². The van der Waals surface area contributed by atoms with Gasteiger partial charge in [0, 0.05) is 44.8 Å². The zero-order chi connectivity index (χ0) is 52.9. The van der Waals surface area contributed by atoms with Crippen LogP contribution in [0.2, 0.25) is 0 Å². The Balaban J connectivity index is 1.55. The molecule has 4 rings (SSSR count). The maximum absolute atomic E-state index is 14.3. The number of phenolic OH excluding ortho intramolecular Hbond substituents is 1. The minimum Gasteiger partial charge on any atom is -0.508 e. The van der Waals surface area contributed by atoms with E-state index < -0.39 is 121 Å². The number of unbranched alkanes of at least 4 members (excludes halogenated alkanes) is 8. The van der Waals surface area contributed by atoms with Gasteiger partial charge in [0.2, 0.25) is 41.4 Å². The number of hydrogen-bond acceptors (Lipinski definition) is 13. The summed E-state index contributed by atoms with van der Waals surface area (Å²) in [6.07, 6.45) is 11.7. The van der Waals surface area contributed by atoms with Gasteiger partial charge in [-0.05, 0) is 82.9 Å². The van der Waals surface area contributed by atoms with Gasteiger partial charge in [-0.15, -0.1) is 0 Å². The number of fused-ring (bicyclic) bond motifs is 2. The van der Waals surface area contributed by atoms with E-state index in [1.165, 1.54) is 57.4 Å². The molecule has 3 aliphatic heterocycles. The number of carbonyl (C=O) groups is 7. The van der Waals surface area contributed by atoms with Gasteiger partial charge in [-0.2, -0.15) is 0 Å². The molecule has 1 aromatic carbocycles. The highest BCUT2D eigenvalue weighted by Gasteiger charge is 2.49. The fourth-order valence-electron chi connectivity index (χ4n) is 9.32. The Bertz CT molecular complexity index is 2000. The summed E-state index contributed by atoms with van der Waals surface area (Å²) in [4.78, 5) is 100. The van der Waals surface area contributed by atoms with Gasteiger partial charge < -0.3 is 67.0 Å². The highest BCUT2D eigenvalue weighted by Crippen LogP contribution is 2.26. The largest absolute Gasteiger partial charge is 0.508 e. The lowest BCUT2D eigenvalue weighted by molar-refractivity contribution is -0.147. The number of nitrogens with zero attached hydrogens (tertiary/aromatic N) is 2. The Labute approximate surface area is 423 Å². The number of amides is 7. The third-order valence-electron chi connectivity index (χ3n) is 13.6. The van der Waals surface area contributed by atoms with Crippen LogP contribution in [0.4, 0.5) is 0 Å². The van der Waals surface area contributed by atoms with Crippen molar-refractivity contribution in [2.45, 2.75) is 197 Å². The zero-order valence-corrected chi connectivity index (χ0v) is 42.4. The van der Waals surface area contributed by atoms with Crippen molar-refractivity contribution in [2.75, 3.05) is 19.6 Å². The predicted molar refractivity (Wildman–Crippen MR) is 267 cm³/mol. The molecule has 3 fully saturated rings. The van der Waals surface area contributed by atoms with Crippen LogP contribution in [-0.4, -0.2) is 168 Å². The topological polar surface area (TPSA) is 307 Å². The fourth-order valence-corrected chi connectivity index (χ4v) is 9.32. The fraction of sp³-hybridized carbons (Fsp3) is 0.673. The first kappa shape index (κ1) is 59.2. The summed E-state index contributed by atoms with van der Waals surface area (Å²) in [5.74, 6) is -6.87. The summed E-state index contributed by atoms with van der Waals surface area (Å²) < 4.78 is 0. The molecule has 7 amide bonds. The molecule has 12 unspecified atom stereocenters. The Morgan fingerprint density at radius 1 is 0.736 bits per heavy atom. The van der Waals surface area contributed by atoms with E-state index in [-0.39, 0.29) is 50.9 Å². The van der Waals surface area contributed by atoms with Gasteiger partial charge in [0.1, 0.15) is 42.0 Å². The number of aromatic hydroxyl groups is 1. The second-order valence-corrected chi connectivity index (χ2v) is 19.7. The number of nitrogens with one attached hydrogen (secondary N) is 5. The molecule has 3 heterocycles. The van der Waals surface area contributed by atoms with Gasteiger partial charge in [0.05, 0.1) is 30.5 Å². The van der Waals surface area contributed by atoms with E-state index in [1.54, 1.807) is 6.92 Å². The number of carbonyl (C=O) groups excluding carboxylic acids is 7. The second-order valence-electron chi connectivity index (χ2n) is 19.7. The first-order chi connectivity index (χ1) is 34.3. The number of aliphatic hydroxyl groups is 5. The monoisotopic (exact) mass is 1010 g/mol. The number of hydrogen-bond donors (Lipinski definition) is 11. The van der Waals surface area contributed by atoms with Crippen molar-refractivity contribution in [3.05, 3.63) is 54.1 Å². The summed E-state index contributed by atoms with van der Waals surface area (Å²) >= 11 is 0. The molecule has 3 saturated heterocycles. The smallest absolute Gasteiger partial charge is 0.248 e. The minimum atomic E-state index is -1.88. The zero-order valence-electron chi connectivity index (χ0n) is 42.4. The third-order valence-corrected chi connectivity index (χ3v) is 13.6. The Kier molecular flexibility index (Phi) is 24.6. The summed E-state index contributed by atoms with van der Waals surface area (Å²) in [7, 11) is 0. The van der Waals surface area contributed by atoms with Crippen molar-refractivity contribution in [2.24, 2.45) is 5.92 Å². The van der Waals surface area contributed by atoms with Crippen molar-refractivity contribution in [1.82, 2.24) is 36.4 Å². The molecule has 1 aromatic rings. The number of allylic oxidation sites excluding steroid dienone is 4. The second kappa shape index (κ2) is 29.9. The number of phenols is 1. The van der Waals surface area contributed by atoms with E-state index in [4.69, 9.17) is 0 Å². The Morgan fingerprint density at radius 2 is 1.32 bits per heavy atom. The van der Waals surface area contributed by atoms with Crippen molar-refractivity contribution >= 4 is 41.4 Å². The first-order valence-electron chi connectivity index (χ1n) is 25.9. The molecule has 0 aromatic heterocycles. The molecule has 0 aliphatic carbocycles. The molecule has 12 atom stereocenters. The molecule has 0 spiro atoms. The molecule has 402 valence electrons. The maximum Gasteiger partial charge on any atom is 0.248 e. The molecular formula is C52H81N7O13. The lowest BCUT2D eigenvalue weighted by Gasteiger charge is -2.33. The van der Waals surface area contributed by atoms with E-state index in [0.717, 1.165) is 54.7 Å². The van der Waals surface area contributed by atoms with Crippen LogP contribution in [0, 0.1) is 5.92 Å². The quantitative estimate of drug-likeness (QED) is 0.0640. The lowest BCUT2D eigenvalue weighted by Crippen LogP contribution is -2.64. The standard InChI is InChI=1S/C52H81N7O13/c1-5-6-7-8-9-10-11-12-13-14-15-16-17-18-19-22-41(65)54-38-21-20-27-53-50(70)45-46(66)32(2)30-59(45)52(72)43(34(4)61)56-49(69)44(40(64)28-35-23-25-36(62)26-24-35)57-48(68)39-29-37(63)31-58(39)51(71)42(33(3)60)55-47(38)67/h9-10,12-13,23-26,32-34,37-40,42-46,60-64,66H,5-8,11,14-22,27-31H2,1-4H3,(H,53,70)(H,54,65)(H,55,67)(H,56,69)(H,57,68). The SMILES string of the molecule is CCCCCC=CCC=CCCCCCCCC(=O)NC1CCCNC(=O)C2C(O)C(C)CN2C(=O)C(C(C)O)NC(=O)C(C(O)Cc2ccc(O)cc2)NC(=O)C2CC(O)CN2C(=O)C(C(C)O)NC1=O. The number of aliphatic hydroxyl groups excluding tert-OH is 5. The van der Waals surface area contributed by atoms with Crippen LogP contribution in [0.15, 0.2) is 48.6 Å². The van der Waals surface area contributed by atoms with E-state index >= 15 is 0 Å². The van der Waals surface area contributed by atoms with Gasteiger partial charge in [-0.3, -0.25) is 33.6 Å². The van der Waals surface area contributed by atoms with Crippen LogP contribution in [-0.2, 0) is 40.0 Å². The van der Waals surface area contributed by atoms with Gasteiger partial charge in [-0.1, -0.05) is 82.4 Å². The Hall–Kier alpha value is -5.41. The van der Waals surface area contributed by atoms with Crippen molar-refractivity contribution in [1.29, 1.82) is 0 Å². The van der Waals surface area contributed by atoms with E-state index in [1.807, 2.05) is 0 Å². The van der Waals surface area contributed by atoms with Gasteiger partial charge in [-0.25, -0.2) is 0 Å². The molecule has 72 heavy (non-hydrogen) atoms. The van der Waals surface area contributed by atoms with Crippen molar-refractivity contribution < 1.29 is 64.2 Å². The summed E-state index contributed by atoms with van der Waals surface area (Å²) in [5, 5.41) is 78.0. The van der Waals surface area contributed by atoms with Crippen LogP contribution >= 0.6 is 0 Å². The molecule has 11 N–H and O–H groups in total. The summed E-state index contributed by atoms with van der Waals surface area (Å²) in [5.41, 5.74) is 0.418. The molecule has 3 aliphatic rings.